The minimum Gasteiger partial charge on any atom is -0.461 e. The summed E-state index contributed by atoms with van der Waals surface area (Å²) < 4.78 is 31.9. The second-order valence-electron chi connectivity index (χ2n) is 3.26. The van der Waals surface area contributed by atoms with Crippen LogP contribution in [-0.2, 0) is 16.1 Å². The van der Waals surface area contributed by atoms with Crippen LogP contribution in [0.2, 0.25) is 0 Å². The first-order chi connectivity index (χ1) is 8.13. The van der Waals surface area contributed by atoms with E-state index in [1.54, 1.807) is 0 Å². The van der Waals surface area contributed by atoms with Crippen molar-refractivity contribution in [3.8, 4) is 0 Å². The summed E-state index contributed by atoms with van der Waals surface area (Å²) in [6.07, 6.45) is 0. The van der Waals surface area contributed by atoms with Crippen molar-refractivity contribution in [3.63, 3.8) is 0 Å². The third-order valence-corrected chi connectivity index (χ3v) is 2.79. The maximum Gasteiger partial charge on any atom is 0.293 e. The zero-order valence-electron chi connectivity index (χ0n) is 8.41. The molecule has 0 aliphatic carbocycles. The minimum atomic E-state index is -0.630. The van der Waals surface area contributed by atoms with Crippen LogP contribution in [0.3, 0.4) is 0 Å². The largest absolute Gasteiger partial charge is 0.461 e. The second kappa shape index (κ2) is 4.75. The highest BCUT2D eigenvalue weighted by atomic mass is 79.9. The Morgan fingerprint density at radius 2 is 2.06 bits per heavy atom. The van der Waals surface area contributed by atoms with Crippen LogP contribution in [0.25, 0.3) is 10.9 Å². The van der Waals surface area contributed by atoms with Crippen molar-refractivity contribution in [2.45, 2.75) is 6.61 Å². The third-order valence-electron chi connectivity index (χ3n) is 2.16. The first-order valence-electron chi connectivity index (χ1n) is 4.62. The van der Waals surface area contributed by atoms with E-state index in [0.717, 1.165) is 12.1 Å². The summed E-state index contributed by atoms with van der Waals surface area (Å²) in [5.41, 5.74) is 0.241. The van der Waals surface area contributed by atoms with Gasteiger partial charge in [0.2, 0.25) is 0 Å². The summed E-state index contributed by atoms with van der Waals surface area (Å²) in [7, 11) is 0. The summed E-state index contributed by atoms with van der Waals surface area (Å²) >= 11 is 3.13. The summed E-state index contributed by atoms with van der Waals surface area (Å²) in [6, 6.07) is 3.52. The molecule has 0 spiro atoms. The highest BCUT2D eigenvalue weighted by Gasteiger charge is 2.12. The van der Waals surface area contributed by atoms with E-state index in [1.165, 1.54) is 6.07 Å². The molecule has 0 aliphatic rings. The molecule has 0 saturated carbocycles. The van der Waals surface area contributed by atoms with E-state index >= 15 is 0 Å². The zero-order chi connectivity index (χ0) is 12.4. The predicted octanol–water partition coefficient (Wildman–Crippen LogP) is 2.95. The summed E-state index contributed by atoms with van der Waals surface area (Å²) in [5.74, 6) is -1.20. The molecule has 1 heterocycles. The number of benzene rings is 1. The lowest BCUT2D eigenvalue weighted by atomic mass is 10.2. The Balaban J connectivity index is 2.64. The Bertz CT molecular complexity index is 589. The van der Waals surface area contributed by atoms with Crippen LogP contribution in [0.1, 0.15) is 5.69 Å². The van der Waals surface area contributed by atoms with Gasteiger partial charge in [-0.3, -0.25) is 4.79 Å². The van der Waals surface area contributed by atoms with Crippen molar-refractivity contribution < 1.29 is 18.3 Å². The quantitative estimate of drug-likeness (QED) is 0.818. The topological polar surface area (TPSA) is 39.2 Å². The summed E-state index contributed by atoms with van der Waals surface area (Å²) in [6.45, 7) is 0.176. The SMILES string of the molecule is O=COCc1cc(Br)c2c(F)ccc(F)c2n1. The van der Waals surface area contributed by atoms with Crippen molar-refractivity contribution in [3.05, 3.63) is 40.0 Å². The number of carbonyl (C=O) groups excluding carboxylic acids is 1. The van der Waals surface area contributed by atoms with Crippen molar-refractivity contribution >= 4 is 33.3 Å². The average molecular weight is 302 g/mol. The van der Waals surface area contributed by atoms with E-state index in [0.29, 0.717) is 10.2 Å². The van der Waals surface area contributed by atoms with Crippen molar-refractivity contribution in [1.82, 2.24) is 4.98 Å². The number of fused-ring (bicyclic) bond motifs is 1. The standard InChI is InChI=1S/C11H6BrF2NO2/c12-7-3-6(4-17-5-16)15-11-9(14)2-1-8(13)10(7)11/h1-3,5H,4H2. The number of pyridine rings is 1. The van der Waals surface area contributed by atoms with Gasteiger partial charge in [-0.25, -0.2) is 13.8 Å². The Morgan fingerprint density at radius 3 is 2.76 bits per heavy atom. The summed E-state index contributed by atoms with van der Waals surface area (Å²) in [5, 5.41) is 0.0693. The van der Waals surface area contributed by atoms with Crippen molar-refractivity contribution in [2.24, 2.45) is 0 Å². The predicted molar refractivity (Wildman–Crippen MR) is 60.2 cm³/mol. The number of rotatable bonds is 3. The van der Waals surface area contributed by atoms with Crippen molar-refractivity contribution in [2.75, 3.05) is 0 Å². The van der Waals surface area contributed by atoms with Gasteiger partial charge in [-0.1, -0.05) is 0 Å². The van der Waals surface area contributed by atoms with Gasteiger partial charge in [0.05, 0.1) is 11.1 Å². The maximum absolute atomic E-state index is 13.5. The molecule has 0 amide bonds. The molecule has 0 aliphatic heterocycles. The van der Waals surface area contributed by atoms with E-state index in [1.807, 2.05) is 0 Å². The minimum absolute atomic E-state index is 0.0693. The van der Waals surface area contributed by atoms with Crippen molar-refractivity contribution in [1.29, 1.82) is 0 Å². The zero-order valence-corrected chi connectivity index (χ0v) is 10.0. The van der Waals surface area contributed by atoms with Crippen LogP contribution < -0.4 is 0 Å². The van der Waals surface area contributed by atoms with Gasteiger partial charge in [0.15, 0.2) is 0 Å². The molecule has 0 radical (unpaired) electrons. The number of halogens is 3. The molecular weight excluding hydrogens is 296 g/mol. The fraction of sp³-hybridized carbons (Fsp3) is 0.0909. The molecule has 2 rings (SSSR count). The van der Waals surface area contributed by atoms with Gasteiger partial charge < -0.3 is 4.74 Å². The van der Waals surface area contributed by atoms with Gasteiger partial charge in [0.1, 0.15) is 23.8 Å². The number of nitrogens with zero attached hydrogens (tertiary/aromatic N) is 1. The fourth-order valence-corrected chi connectivity index (χ4v) is 2.11. The molecular formula is C11H6BrF2NO2. The van der Waals surface area contributed by atoms with Crippen LogP contribution in [0.15, 0.2) is 22.7 Å². The highest BCUT2D eigenvalue weighted by molar-refractivity contribution is 9.10. The van der Waals surface area contributed by atoms with Crippen LogP contribution in [0.4, 0.5) is 8.78 Å². The fourth-order valence-electron chi connectivity index (χ4n) is 1.47. The van der Waals surface area contributed by atoms with Gasteiger partial charge >= 0.3 is 0 Å². The van der Waals surface area contributed by atoms with Crippen LogP contribution in [0.5, 0.6) is 0 Å². The number of ether oxygens (including phenoxy) is 1. The molecule has 17 heavy (non-hydrogen) atoms. The number of aromatic nitrogens is 1. The van der Waals surface area contributed by atoms with Crippen LogP contribution in [0, 0.1) is 11.6 Å². The molecule has 0 atom stereocenters. The third kappa shape index (κ3) is 2.26. The molecule has 0 saturated heterocycles. The van der Waals surface area contributed by atoms with E-state index in [2.05, 4.69) is 25.7 Å². The van der Waals surface area contributed by atoms with Crippen LogP contribution in [-0.4, -0.2) is 11.5 Å². The molecule has 6 heteroatoms. The first kappa shape index (κ1) is 11.9. The molecule has 0 unspecified atom stereocenters. The van der Waals surface area contributed by atoms with E-state index in [9.17, 15) is 13.6 Å². The van der Waals surface area contributed by atoms with E-state index in [-0.39, 0.29) is 24.0 Å². The summed E-state index contributed by atoms with van der Waals surface area (Å²) in [4.78, 5) is 14.0. The molecule has 3 nitrogen and oxygen atoms in total. The molecule has 0 bridgehead atoms. The van der Waals surface area contributed by atoms with Crippen LogP contribution >= 0.6 is 15.9 Å². The Morgan fingerprint density at radius 1 is 1.35 bits per heavy atom. The Labute approximate surface area is 104 Å². The van der Waals surface area contributed by atoms with Gasteiger partial charge in [-0.15, -0.1) is 0 Å². The van der Waals surface area contributed by atoms with Gasteiger partial charge in [0.25, 0.3) is 6.47 Å². The van der Waals surface area contributed by atoms with Gasteiger partial charge in [-0.2, -0.15) is 0 Å². The van der Waals surface area contributed by atoms with E-state index in [4.69, 9.17) is 0 Å². The molecule has 0 N–H and O–H groups in total. The smallest absolute Gasteiger partial charge is 0.293 e. The number of hydrogen-bond donors (Lipinski definition) is 0. The molecule has 2 aromatic rings. The van der Waals surface area contributed by atoms with E-state index < -0.39 is 11.6 Å². The number of hydrogen-bond acceptors (Lipinski definition) is 3. The first-order valence-corrected chi connectivity index (χ1v) is 5.41. The lowest BCUT2D eigenvalue weighted by molar-refractivity contribution is -0.129. The lowest BCUT2D eigenvalue weighted by Gasteiger charge is -2.06. The average Bonchev–Trinajstić information content (AvgIpc) is 2.31. The monoisotopic (exact) mass is 301 g/mol. The van der Waals surface area contributed by atoms with Gasteiger partial charge in [0, 0.05) is 4.47 Å². The van der Waals surface area contributed by atoms with Gasteiger partial charge in [-0.05, 0) is 34.1 Å². The lowest BCUT2D eigenvalue weighted by Crippen LogP contribution is -1.98. The molecule has 88 valence electrons. The Kier molecular flexibility index (Phi) is 3.33. The second-order valence-corrected chi connectivity index (χ2v) is 4.11. The molecule has 1 aromatic heterocycles. The maximum atomic E-state index is 13.5. The highest BCUT2D eigenvalue weighted by Crippen LogP contribution is 2.28. The molecule has 1 aromatic carbocycles. The molecule has 0 fully saturated rings. The normalized spacial score (nSPS) is 10.5. The number of carbonyl (C=O) groups is 1. The Hall–Kier alpha value is -1.56.